The predicted octanol–water partition coefficient (Wildman–Crippen LogP) is 4.22. The Morgan fingerprint density at radius 3 is 2.52 bits per heavy atom. The molecule has 4 rings (SSSR count). The van der Waals surface area contributed by atoms with Crippen molar-refractivity contribution in [1.29, 1.82) is 0 Å². The number of hydrogen-bond acceptors (Lipinski definition) is 5. The second kappa shape index (κ2) is 8.03. The Bertz CT molecular complexity index is 1200. The molecule has 0 radical (unpaired) electrons. The lowest BCUT2D eigenvalue weighted by atomic mass is 9.79. The van der Waals surface area contributed by atoms with E-state index in [9.17, 15) is 18.8 Å². The average Bonchev–Trinajstić information content (AvgIpc) is 2.75. The molecule has 1 N–H and O–H groups in total. The van der Waals surface area contributed by atoms with Gasteiger partial charge in [-0.2, -0.15) is 0 Å². The summed E-state index contributed by atoms with van der Waals surface area (Å²) in [5, 5.41) is 2.13. The minimum Gasteiger partial charge on any atom is -0.496 e. The van der Waals surface area contributed by atoms with Crippen LogP contribution in [0.25, 0.3) is 6.08 Å². The summed E-state index contributed by atoms with van der Waals surface area (Å²) in [6.07, 6.45) is 2.32. The molecule has 33 heavy (non-hydrogen) atoms. The van der Waals surface area contributed by atoms with Gasteiger partial charge < -0.3 is 9.64 Å². The third-order valence-corrected chi connectivity index (χ3v) is 6.48. The zero-order chi connectivity index (χ0) is 24.1. The Morgan fingerprint density at radius 1 is 1.15 bits per heavy atom. The number of barbiturate groups is 1. The van der Waals surface area contributed by atoms with Crippen molar-refractivity contribution in [3.63, 3.8) is 0 Å². The second-order valence-corrected chi connectivity index (χ2v) is 9.04. The molecule has 0 saturated carbocycles. The summed E-state index contributed by atoms with van der Waals surface area (Å²) in [7, 11) is 3.54. The molecule has 1 unspecified atom stereocenters. The van der Waals surface area contributed by atoms with Crippen LogP contribution < -0.4 is 19.9 Å². The van der Waals surface area contributed by atoms with Crippen molar-refractivity contribution in [3.8, 4) is 5.75 Å². The fraction of sp³-hybridized carbons (Fsp3) is 0.320. The van der Waals surface area contributed by atoms with Crippen molar-refractivity contribution in [2.24, 2.45) is 0 Å². The molecule has 0 aliphatic carbocycles. The van der Waals surface area contributed by atoms with E-state index < -0.39 is 23.7 Å². The third-order valence-electron chi connectivity index (χ3n) is 6.48. The van der Waals surface area contributed by atoms with E-state index in [2.05, 4.69) is 31.0 Å². The summed E-state index contributed by atoms with van der Waals surface area (Å²) < 4.78 is 19.9. The van der Waals surface area contributed by atoms with Gasteiger partial charge in [-0.15, -0.1) is 0 Å². The van der Waals surface area contributed by atoms with Gasteiger partial charge in [0, 0.05) is 29.9 Å². The van der Waals surface area contributed by atoms with E-state index in [4.69, 9.17) is 4.74 Å². The fourth-order valence-corrected chi connectivity index (χ4v) is 4.57. The van der Waals surface area contributed by atoms with E-state index in [1.165, 1.54) is 31.4 Å². The number of imide groups is 2. The van der Waals surface area contributed by atoms with Crippen molar-refractivity contribution in [3.05, 3.63) is 58.9 Å². The van der Waals surface area contributed by atoms with E-state index >= 15 is 0 Å². The number of hydrogen-bond donors (Lipinski definition) is 1. The Labute approximate surface area is 191 Å². The Morgan fingerprint density at radius 2 is 1.85 bits per heavy atom. The molecular weight excluding hydrogens is 425 g/mol. The number of para-hydroxylation sites is 1. The van der Waals surface area contributed by atoms with Gasteiger partial charge in [-0.3, -0.25) is 14.9 Å². The van der Waals surface area contributed by atoms with E-state index in [-0.39, 0.29) is 22.7 Å². The molecule has 0 aromatic heterocycles. The molecule has 8 heteroatoms. The van der Waals surface area contributed by atoms with Crippen LogP contribution in [0.3, 0.4) is 0 Å². The minimum absolute atomic E-state index is 0.0444. The molecule has 2 aromatic carbocycles. The van der Waals surface area contributed by atoms with Crippen molar-refractivity contribution >= 4 is 35.3 Å². The lowest BCUT2D eigenvalue weighted by Crippen LogP contribution is -2.54. The molecule has 0 bridgehead atoms. The highest BCUT2D eigenvalue weighted by atomic mass is 19.1. The van der Waals surface area contributed by atoms with Gasteiger partial charge in [-0.1, -0.05) is 19.1 Å². The van der Waals surface area contributed by atoms with Crippen LogP contribution in [0.2, 0.25) is 0 Å². The lowest BCUT2D eigenvalue weighted by molar-refractivity contribution is -0.122. The van der Waals surface area contributed by atoms with Crippen LogP contribution in [0.1, 0.15) is 44.2 Å². The zero-order valence-electron chi connectivity index (χ0n) is 19.2. The van der Waals surface area contributed by atoms with Crippen molar-refractivity contribution < 1.29 is 23.5 Å². The first-order valence-electron chi connectivity index (χ1n) is 10.7. The van der Waals surface area contributed by atoms with Crippen LogP contribution >= 0.6 is 0 Å². The van der Waals surface area contributed by atoms with Gasteiger partial charge in [0.05, 0.1) is 12.8 Å². The van der Waals surface area contributed by atoms with Crippen LogP contribution in [0, 0.1) is 5.82 Å². The van der Waals surface area contributed by atoms with Gasteiger partial charge in [0.1, 0.15) is 17.1 Å². The molecule has 0 spiro atoms. The topological polar surface area (TPSA) is 79.0 Å². The first kappa shape index (κ1) is 22.5. The molecule has 1 saturated heterocycles. The summed E-state index contributed by atoms with van der Waals surface area (Å²) in [6, 6.07) is 8.20. The van der Waals surface area contributed by atoms with E-state index in [1.807, 2.05) is 19.2 Å². The Hall–Kier alpha value is -3.68. The molecular formula is C25H26FN3O4. The van der Waals surface area contributed by atoms with Gasteiger partial charge in [0.2, 0.25) is 0 Å². The number of amides is 4. The number of benzene rings is 2. The van der Waals surface area contributed by atoms with Crippen LogP contribution in [0.5, 0.6) is 5.75 Å². The quantitative estimate of drug-likeness (QED) is 0.558. The maximum atomic E-state index is 14.3. The molecule has 172 valence electrons. The van der Waals surface area contributed by atoms with Crippen molar-refractivity contribution in [2.45, 2.75) is 38.6 Å². The number of methoxy groups -OCH3 is 1. The number of halogens is 1. The fourth-order valence-electron chi connectivity index (χ4n) is 4.57. The highest BCUT2D eigenvalue weighted by molar-refractivity contribution is 6.39. The number of carbonyl (C=O) groups excluding carboxylic acids is 3. The van der Waals surface area contributed by atoms with Gasteiger partial charge in [-0.05, 0) is 56.0 Å². The maximum absolute atomic E-state index is 14.3. The van der Waals surface area contributed by atoms with Crippen molar-refractivity contribution in [1.82, 2.24) is 5.32 Å². The van der Waals surface area contributed by atoms with Crippen molar-refractivity contribution in [2.75, 3.05) is 24.0 Å². The molecule has 2 heterocycles. The number of nitrogens with one attached hydrogen (secondary N) is 1. The second-order valence-electron chi connectivity index (χ2n) is 9.04. The van der Waals surface area contributed by atoms with E-state index in [0.717, 1.165) is 23.7 Å². The highest BCUT2D eigenvalue weighted by Crippen LogP contribution is 2.45. The lowest BCUT2D eigenvalue weighted by Gasteiger charge is -2.45. The summed E-state index contributed by atoms with van der Waals surface area (Å²) >= 11 is 0. The average molecular weight is 451 g/mol. The monoisotopic (exact) mass is 451 g/mol. The minimum atomic E-state index is -0.998. The summed E-state index contributed by atoms with van der Waals surface area (Å²) in [4.78, 5) is 40.9. The SMILES string of the molecule is COc1cc2c(cc1/C=C1/C(=O)NC(=O)N(c3ccccc3F)C1=O)C(C)CC(C)(C)N2C. The van der Waals surface area contributed by atoms with E-state index in [1.54, 1.807) is 0 Å². The normalized spacial score (nSPS) is 21.2. The molecule has 1 fully saturated rings. The predicted molar refractivity (Wildman–Crippen MR) is 124 cm³/mol. The number of nitrogens with zero attached hydrogens (tertiary/aromatic N) is 2. The molecule has 4 amide bonds. The largest absolute Gasteiger partial charge is 0.496 e. The Balaban J connectivity index is 1.82. The first-order chi connectivity index (χ1) is 15.5. The maximum Gasteiger partial charge on any atom is 0.336 e. The zero-order valence-corrected chi connectivity index (χ0v) is 19.2. The van der Waals surface area contributed by atoms with Gasteiger partial charge in [0.25, 0.3) is 11.8 Å². The molecule has 2 aromatic rings. The summed E-state index contributed by atoms with van der Waals surface area (Å²) in [5.74, 6) is -1.78. The number of ether oxygens (including phenoxy) is 1. The summed E-state index contributed by atoms with van der Waals surface area (Å²) in [5.41, 5.74) is 2.05. The smallest absolute Gasteiger partial charge is 0.336 e. The number of carbonyl (C=O) groups is 3. The number of urea groups is 1. The molecule has 1 atom stereocenters. The number of anilines is 2. The molecule has 7 nitrogen and oxygen atoms in total. The van der Waals surface area contributed by atoms with Crippen LogP contribution in [-0.2, 0) is 9.59 Å². The molecule has 2 aliphatic rings. The Kier molecular flexibility index (Phi) is 5.47. The van der Waals surface area contributed by atoms with Gasteiger partial charge in [-0.25, -0.2) is 14.1 Å². The van der Waals surface area contributed by atoms with Gasteiger partial charge in [0.15, 0.2) is 0 Å². The van der Waals surface area contributed by atoms with Crippen LogP contribution in [-0.4, -0.2) is 37.5 Å². The number of rotatable bonds is 3. The first-order valence-corrected chi connectivity index (χ1v) is 10.7. The number of fused-ring (bicyclic) bond motifs is 1. The van der Waals surface area contributed by atoms with Gasteiger partial charge >= 0.3 is 6.03 Å². The van der Waals surface area contributed by atoms with E-state index in [0.29, 0.717) is 16.2 Å². The highest BCUT2D eigenvalue weighted by Gasteiger charge is 2.39. The summed E-state index contributed by atoms with van der Waals surface area (Å²) in [6.45, 7) is 6.48. The standard InChI is InChI=1S/C25H26FN3O4/c1-14-13-25(2,3)28(4)20-12-21(33-5)15(10-16(14)20)11-17-22(30)27-24(32)29(23(17)31)19-9-7-6-8-18(19)26/h6-12,14H,13H2,1-5H3,(H,27,30,32)/b17-11-. The molecule has 2 aliphatic heterocycles. The van der Waals surface area contributed by atoms with Crippen LogP contribution in [0.4, 0.5) is 20.6 Å². The van der Waals surface area contributed by atoms with Crippen LogP contribution in [0.15, 0.2) is 42.0 Å². The third kappa shape index (κ3) is 3.75.